The molecule has 0 spiro atoms. The fraction of sp³-hybridized carbons (Fsp3) is 1.00. The van der Waals surface area contributed by atoms with Gasteiger partial charge in [0.2, 0.25) is 0 Å². The highest BCUT2D eigenvalue weighted by atomic mass is 19.1. The van der Waals surface area contributed by atoms with Crippen LogP contribution in [0, 0.1) is 0 Å². The minimum Gasteiger partial charge on any atom is -0.394 e. The van der Waals surface area contributed by atoms with Crippen molar-refractivity contribution in [2.45, 2.75) is 30.8 Å². The molecule has 0 amide bonds. The zero-order chi connectivity index (χ0) is 9.30. The van der Waals surface area contributed by atoms with Crippen LogP contribution in [0.25, 0.3) is 0 Å². The molecule has 6 heteroatoms. The van der Waals surface area contributed by atoms with Crippen molar-refractivity contribution in [3.63, 3.8) is 0 Å². The molecular weight excluding hydrogens is 171 g/mol. The van der Waals surface area contributed by atoms with Crippen molar-refractivity contribution in [2.75, 3.05) is 6.61 Å². The number of hydrogen-bond donors (Lipinski definition) is 4. The van der Waals surface area contributed by atoms with E-state index in [0.717, 1.165) is 0 Å². The summed E-state index contributed by atoms with van der Waals surface area (Å²) < 4.78 is 17.1. The summed E-state index contributed by atoms with van der Waals surface area (Å²) in [4.78, 5) is 0. The van der Waals surface area contributed by atoms with Crippen LogP contribution in [-0.4, -0.2) is 57.8 Å². The lowest BCUT2D eigenvalue weighted by molar-refractivity contribution is -0.271. The summed E-state index contributed by atoms with van der Waals surface area (Å²) >= 11 is 0. The van der Waals surface area contributed by atoms with Crippen molar-refractivity contribution in [1.29, 1.82) is 0 Å². The van der Waals surface area contributed by atoms with Gasteiger partial charge >= 0.3 is 0 Å². The van der Waals surface area contributed by atoms with Crippen LogP contribution in [-0.2, 0) is 4.74 Å². The number of rotatable bonds is 1. The summed E-state index contributed by atoms with van der Waals surface area (Å²) in [7, 11) is 0. The van der Waals surface area contributed by atoms with Gasteiger partial charge in [-0.3, -0.25) is 0 Å². The fourth-order valence-electron chi connectivity index (χ4n) is 1.06. The first kappa shape index (κ1) is 9.82. The number of alkyl halides is 1. The van der Waals surface area contributed by atoms with Crippen molar-refractivity contribution in [3.05, 3.63) is 0 Å². The molecule has 5 atom stereocenters. The summed E-state index contributed by atoms with van der Waals surface area (Å²) in [6.45, 7) is -0.581. The Balaban J connectivity index is 2.63. The third-order valence-electron chi connectivity index (χ3n) is 1.82. The van der Waals surface area contributed by atoms with Gasteiger partial charge in [0.05, 0.1) is 6.61 Å². The van der Waals surface area contributed by atoms with Gasteiger partial charge in [0.1, 0.15) is 18.3 Å². The van der Waals surface area contributed by atoms with Gasteiger partial charge < -0.3 is 25.2 Å². The fourth-order valence-corrected chi connectivity index (χ4v) is 1.06. The van der Waals surface area contributed by atoms with Crippen LogP contribution in [0.15, 0.2) is 0 Å². The lowest BCUT2D eigenvalue weighted by atomic mass is 10.0. The molecule has 1 rings (SSSR count). The van der Waals surface area contributed by atoms with Gasteiger partial charge in [-0.1, -0.05) is 0 Å². The van der Waals surface area contributed by atoms with Gasteiger partial charge in [-0.05, 0) is 0 Å². The maximum atomic E-state index is 12.7. The molecule has 5 nitrogen and oxygen atoms in total. The quantitative estimate of drug-likeness (QED) is 0.368. The summed E-state index contributed by atoms with van der Waals surface area (Å²) in [6.07, 6.45) is -8.19. The van der Waals surface area contributed by atoms with E-state index in [2.05, 4.69) is 4.74 Å². The van der Waals surface area contributed by atoms with Crippen LogP contribution in [0.4, 0.5) is 4.39 Å². The molecule has 0 bridgehead atoms. The Morgan fingerprint density at radius 1 is 1.17 bits per heavy atom. The number of ether oxygens (including phenoxy) is 1. The molecule has 0 radical (unpaired) electrons. The molecule has 1 aliphatic heterocycles. The van der Waals surface area contributed by atoms with E-state index in [4.69, 9.17) is 20.4 Å². The molecule has 1 aliphatic rings. The molecule has 12 heavy (non-hydrogen) atoms. The lowest BCUT2D eigenvalue weighted by Gasteiger charge is -2.36. The van der Waals surface area contributed by atoms with E-state index < -0.39 is 37.4 Å². The van der Waals surface area contributed by atoms with E-state index in [-0.39, 0.29) is 0 Å². The molecule has 0 aliphatic carbocycles. The number of aliphatic hydroxyl groups is 4. The minimum atomic E-state index is -2.04. The first-order chi connectivity index (χ1) is 5.57. The third-order valence-corrected chi connectivity index (χ3v) is 1.82. The Morgan fingerprint density at radius 3 is 2.25 bits per heavy atom. The first-order valence-corrected chi connectivity index (χ1v) is 3.52. The van der Waals surface area contributed by atoms with E-state index in [1.165, 1.54) is 0 Å². The Labute approximate surface area is 68.0 Å². The molecule has 72 valence electrons. The number of hydrogen-bond acceptors (Lipinski definition) is 5. The van der Waals surface area contributed by atoms with E-state index in [1.54, 1.807) is 0 Å². The van der Waals surface area contributed by atoms with Crippen molar-refractivity contribution < 1.29 is 29.6 Å². The largest absolute Gasteiger partial charge is 0.394 e. The van der Waals surface area contributed by atoms with Gasteiger partial charge in [-0.2, -0.15) is 0 Å². The predicted octanol–water partition coefficient (Wildman–Crippen LogP) is -2.24. The Hall–Kier alpha value is -0.270. The Bertz CT molecular complexity index is 150. The van der Waals surface area contributed by atoms with Crippen molar-refractivity contribution in [1.82, 2.24) is 0 Å². The van der Waals surface area contributed by atoms with Crippen LogP contribution in [0.5, 0.6) is 0 Å². The molecule has 0 aromatic heterocycles. The minimum absolute atomic E-state index is 0.581. The molecule has 1 fully saturated rings. The highest BCUT2D eigenvalue weighted by Crippen LogP contribution is 2.21. The standard InChI is InChI=1S/C6H11FO5/c7-3-5(10)4(9)2(1-8)12-6(3)11/h2-6,8-11H,1H2/t2-,3+,4-,5-,6+/m0/s1. The average Bonchev–Trinajstić information content (AvgIpc) is 2.08. The second-order valence-corrected chi connectivity index (χ2v) is 2.67. The zero-order valence-electron chi connectivity index (χ0n) is 6.17. The normalized spacial score (nSPS) is 49.2. The summed E-state index contributed by atoms with van der Waals surface area (Å²) in [6, 6.07) is 0. The predicted molar refractivity (Wildman–Crippen MR) is 34.9 cm³/mol. The molecule has 1 heterocycles. The average molecular weight is 182 g/mol. The van der Waals surface area contributed by atoms with Crippen LogP contribution in [0.3, 0.4) is 0 Å². The first-order valence-electron chi connectivity index (χ1n) is 3.52. The van der Waals surface area contributed by atoms with E-state index in [9.17, 15) is 4.39 Å². The van der Waals surface area contributed by atoms with Crippen LogP contribution in [0.1, 0.15) is 0 Å². The second kappa shape index (κ2) is 3.63. The Morgan fingerprint density at radius 2 is 1.75 bits per heavy atom. The summed E-state index contributed by atoms with van der Waals surface area (Å²) in [5.41, 5.74) is 0. The van der Waals surface area contributed by atoms with Crippen LogP contribution < -0.4 is 0 Å². The summed E-state index contributed by atoms with van der Waals surface area (Å²) in [5, 5.41) is 35.3. The number of halogens is 1. The summed E-state index contributed by atoms with van der Waals surface area (Å²) in [5.74, 6) is 0. The van der Waals surface area contributed by atoms with Crippen LogP contribution in [0.2, 0.25) is 0 Å². The molecular formula is C6H11FO5. The van der Waals surface area contributed by atoms with E-state index in [1.807, 2.05) is 0 Å². The maximum absolute atomic E-state index is 12.7. The topological polar surface area (TPSA) is 90.2 Å². The van der Waals surface area contributed by atoms with Gasteiger partial charge in [-0.15, -0.1) is 0 Å². The second-order valence-electron chi connectivity index (χ2n) is 2.67. The van der Waals surface area contributed by atoms with Gasteiger partial charge in [-0.25, -0.2) is 4.39 Å². The maximum Gasteiger partial charge on any atom is 0.189 e. The van der Waals surface area contributed by atoms with Gasteiger partial charge in [0.25, 0.3) is 0 Å². The molecule has 1 saturated heterocycles. The third kappa shape index (κ3) is 1.57. The van der Waals surface area contributed by atoms with E-state index >= 15 is 0 Å². The lowest BCUT2D eigenvalue weighted by Crippen LogP contribution is -2.56. The molecule has 4 N–H and O–H groups in total. The highest BCUT2D eigenvalue weighted by Gasteiger charge is 2.43. The highest BCUT2D eigenvalue weighted by molar-refractivity contribution is 4.88. The molecule has 0 unspecified atom stereocenters. The molecule has 0 saturated carbocycles. The number of aliphatic hydroxyl groups excluding tert-OH is 4. The smallest absolute Gasteiger partial charge is 0.189 e. The van der Waals surface area contributed by atoms with Crippen molar-refractivity contribution >= 4 is 0 Å². The van der Waals surface area contributed by atoms with Crippen LogP contribution >= 0.6 is 0 Å². The van der Waals surface area contributed by atoms with Crippen molar-refractivity contribution in [2.24, 2.45) is 0 Å². The van der Waals surface area contributed by atoms with Crippen molar-refractivity contribution in [3.8, 4) is 0 Å². The molecule has 0 aromatic rings. The zero-order valence-corrected chi connectivity index (χ0v) is 6.17. The van der Waals surface area contributed by atoms with Gasteiger partial charge in [0, 0.05) is 0 Å². The molecule has 0 aromatic carbocycles. The van der Waals surface area contributed by atoms with Gasteiger partial charge in [0.15, 0.2) is 12.5 Å². The SMILES string of the molecule is OC[C@@H]1O[C@@H](O)[C@H](F)[C@H](O)[C@H]1O. The Kier molecular flexibility index (Phi) is 2.97. The van der Waals surface area contributed by atoms with E-state index in [0.29, 0.717) is 0 Å². The monoisotopic (exact) mass is 182 g/mol.